The minimum atomic E-state index is -1.11. The van der Waals surface area contributed by atoms with Gasteiger partial charge in [0.2, 0.25) is 5.91 Å². The molecule has 16 heavy (non-hydrogen) atoms. The van der Waals surface area contributed by atoms with Crippen molar-refractivity contribution in [2.24, 2.45) is 0 Å². The van der Waals surface area contributed by atoms with Crippen molar-refractivity contribution in [3.8, 4) is 0 Å². The van der Waals surface area contributed by atoms with Gasteiger partial charge in [-0.1, -0.05) is 39.5 Å². The number of hydrogen-bond donors (Lipinski definition) is 2. The zero-order valence-electron chi connectivity index (χ0n) is 10.5. The lowest BCUT2D eigenvalue weighted by atomic mass is 9.94. The van der Waals surface area contributed by atoms with Crippen LogP contribution in [0.1, 0.15) is 59.3 Å². The number of rotatable bonds is 8. The van der Waals surface area contributed by atoms with Crippen LogP contribution in [0.4, 0.5) is 0 Å². The maximum absolute atomic E-state index is 11.2. The van der Waals surface area contributed by atoms with Gasteiger partial charge in [0.25, 0.3) is 0 Å². The molecule has 0 aliphatic heterocycles. The zero-order valence-corrected chi connectivity index (χ0v) is 10.5. The van der Waals surface area contributed by atoms with Crippen LogP contribution in [0.2, 0.25) is 0 Å². The Morgan fingerprint density at radius 2 is 1.81 bits per heavy atom. The molecule has 0 fully saturated rings. The molecule has 1 unspecified atom stereocenters. The van der Waals surface area contributed by atoms with Crippen LogP contribution in [0.5, 0.6) is 0 Å². The molecule has 0 aromatic rings. The standard InChI is InChI=1S/C12H23NO3/c1-4-6-7-8-9-12(3,11(15)16)13-10(14)5-2/h4-9H2,1-3H3,(H,13,14)(H,15,16). The molecule has 1 atom stereocenters. The third-order valence-electron chi connectivity index (χ3n) is 2.74. The minimum Gasteiger partial charge on any atom is -0.480 e. The van der Waals surface area contributed by atoms with Crippen LogP contribution in [0.15, 0.2) is 0 Å². The van der Waals surface area contributed by atoms with Gasteiger partial charge >= 0.3 is 5.97 Å². The quantitative estimate of drug-likeness (QED) is 0.628. The third kappa shape index (κ3) is 5.14. The Hall–Kier alpha value is -1.06. The van der Waals surface area contributed by atoms with Crippen LogP contribution in [0, 0.1) is 0 Å². The topological polar surface area (TPSA) is 66.4 Å². The van der Waals surface area contributed by atoms with Crippen LogP contribution < -0.4 is 5.32 Å². The molecule has 0 saturated carbocycles. The van der Waals surface area contributed by atoms with Gasteiger partial charge in [0, 0.05) is 6.42 Å². The molecule has 0 saturated heterocycles. The lowest BCUT2D eigenvalue weighted by Gasteiger charge is -2.26. The Morgan fingerprint density at radius 3 is 2.25 bits per heavy atom. The summed E-state index contributed by atoms with van der Waals surface area (Å²) in [4.78, 5) is 22.4. The number of carboxylic acid groups (broad SMARTS) is 1. The first-order valence-corrected chi connectivity index (χ1v) is 6.00. The van der Waals surface area contributed by atoms with Crippen molar-refractivity contribution < 1.29 is 14.7 Å². The Morgan fingerprint density at radius 1 is 1.19 bits per heavy atom. The SMILES string of the molecule is CCCCCCC(C)(NC(=O)CC)C(=O)O. The van der Waals surface area contributed by atoms with E-state index in [0.29, 0.717) is 12.8 Å². The molecule has 0 aliphatic rings. The number of carbonyl (C=O) groups is 2. The van der Waals surface area contributed by atoms with Crippen molar-refractivity contribution >= 4 is 11.9 Å². The lowest BCUT2D eigenvalue weighted by Crippen LogP contribution is -2.52. The first kappa shape index (κ1) is 14.9. The number of hydrogen-bond acceptors (Lipinski definition) is 2. The molecule has 0 heterocycles. The molecule has 4 heteroatoms. The second kappa shape index (κ2) is 7.25. The molecular formula is C12H23NO3. The van der Waals surface area contributed by atoms with E-state index in [4.69, 9.17) is 5.11 Å². The predicted octanol–water partition coefficient (Wildman–Crippen LogP) is 2.33. The first-order valence-electron chi connectivity index (χ1n) is 6.00. The largest absolute Gasteiger partial charge is 0.480 e. The van der Waals surface area contributed by atoms with Crippen molar-refractivity contribution in [3.05, 3.63) is 0 Å². The van der Waals surface area contributed by atoms with Gasteiger partial charge in [0.15, 0.2) is 0 Å². The third-order valence-corrected chi connectivity index (χ3v) is 2.74. The average molecular weight is 229 g/mol. The molecule has 0 aromatic carbocycles. The van der Waals surface area contributed by atoms with Crippen LogP contribution >= 0.6 is 0 Å². The molecule has 0 rings (SSSR count). The van der Waals surface area contributed by atoms with Crippen molar-refractivity contribution in [3.63, 3.8) is 0 Å². The molecular weight excluding hydrogens is 206 g/mol. The van der Waals surface area contributed by atoms with Gasteiger partial charge in [-0.05, 0) is 13.3 Å². The number of amides is 1. The number of unbranched alkanes of at least 4 members (excludes halogenated alkanes) is 3. The Kier molecular flexibility index (Phi) is 6.77. The van der Waals surface area contributed by atoms with E-state index in [1.807, 2.05) is 0 Å². The van der Waals surface area contributed by atoms with E-state index < -0.39 is 11.5 Å². The van der Waals surface area contributed by atoms with Gasteiger partial charge in [-0.15, -0.1) is 0 Å². The van der Waals surface area contributed by atoms with E-state index in [-0.39, 0.29) is 5.91 Å². The first-order chi connectivity index (χ1) is 7.46. The maximum atomic E-state index is 11.2. The molecule has 0 bridgehead atoms. The van der Waals surface area contributed by atoms with Crippen LogP contribution in [-0.2, 0) is 9.59 Å². The van der Waals surface area contributed by atoms with E-state index in [2.05, 4.69) is 12.2 Å². The molecule has 4 nitrogen and oxygen atoms in total. The van der Waals surface area contributed by atoms with Crippen LogP contribution in [0.25, 0.3) is 0 Å². The van der Waals surface area contributed by atoms with Crippen molar-refractivity contribution in [1.82, 2.24) is 5.32 Å². The number of aliphatic carboxylic acids is 1. The number of carboxylic acids is 1. The summed E-state index contributed by atoms with van der Waals surface area (Å²) >= 11 is 0. The predicted molar refractivity (Wildman–Crippen MR) is 63.2 cm³/mol. The Balaban J connectivity index is 4.23. The fourth-order valence-corrected chi connectivity index (χ4v) is 1.52. The minimum absolute atomic E-state index is 0.208. The van der Waals surface area contributed by atoms with E-state index in [9.17, 15) is 9.59 Å². The second-order valence-corrected chi connectivity index (χ2v) is 4.35. The summed E-state index contributed by atoms with van der Waals surface area (Å²) in [5.74, 6) is -1.16. The molecule has 2 N–H and O–H groups in total. The van der Waals surface area contributed by atoms with Gasteiger partial charge in [-0.3, -0.25) is 4.79 Å². The van der Waals surface area contributed by atoms with E-state index in [0.717, 1.165) is 25.7 Å². The van der Waals surface area contributed by atoms with Crippen LogP contribution in [0.3, 0.4) is 0 Å². The molecule has 0 radical (unpaired) electrons. The van der Waals surface area contributed by atoms with Crippen molar-refractivity contribution in [2.45, 2.75) is 64.8 Å². The van der Waals surface area contributed by atoms with Crippen molar-refractivity contribution in [1.29, 1.82) is 0 Å². The fourth-order valence-electron chi connectivity index (χ4n) is 1.52. The fraction of sp³-hybridized carbons (Fsp3) is 0.833. The van der Waals surface area contributed by atoms with Gasteiger partial charge in [-0.2, -0.15) is 0 Å². The van der Waals surface area contributed by atoms with Gasteiger partial charge in [-0.25, -0.2) is 4.79 Å². The molecule has 0 spiro atoms. The van der Waals surface area contributed by atoms with E-state index >= 15 is 0 Å². The highest BCUT2D eigenvalue weighted by molar-refractivity contribution is 5.86. The van der Waals surface area contributed by atoms with Crippen LogP contribution in [-0.4, -0.2) is 22.5 Å². The second-order valence-electron chi connectivity index (χ2n) is 4.35. The molecule has 1 amide bonds. The monoisotopic (exact) mass is 229 g/mol. The Bertz CT molecular complexity index is 240. The highest BCUT2D eigenvalue weighted by Gasteiger charge is 2.33. The highest BCUT2D eigenvalue weighted by Crippen LogP contribution is 2.16. The van der Waals surface area contributed by atoms with Gasteiger partial charge < -0.3 is 10.4 Å². The van der Waals surface area contributed by atoms with Gasteiger partial charge in [0.1, 0.15) is 5.54 Å². The summed E-state index contributed by atoms with van der Waals surface area (Å²) in [6, 6.07) is 0. The smallest absolute Gasteiger partial charge is 0.329 e. The van der Waals surface area contributed by atoms with E-state index in [1.165, 1.54) is 0 Å². The summed E-state index contributed by atoms with van der Waals surface area (Å²) in [6.45, 7) is 5.40. The highest BCUT2D eigenvalue weighted by atomic mass is 16.4. The molecule has 94 valence electrons. The lowest BCUT2D eigenvalue weighted by molar-refractivity contribution is -0.147. The Labute approximate surface area is 97.4 Å². The maximum Gasteiger partial charge on any atom is 0.329 e. The zero-order chi connectivity index (χ0) is 12.6. The summed E-state index contributed by atoms with van der Waals surface area (Å²) in [5, 5.41) is 11.7. The summed E-state index contributed by atoms with van der Waals surface area (Å²) < 4.78 is 0. The molecule has 0 aromatic heterocycles. The normalized spacial score (nSPS) is 14.2. The summed E-state index contributed by atoms with van der Waals surface area (Å²) in [6.07, 6.45) is 4.89. The summed E-state index contributed by atoms with van der Waals surface area (Å²) in [5.41, 5.74) is -1.11. The summed E-state index contributed by atoms with van der Waals surface area (Å²) in [7, 11) is 0. The van der Waals surface area contributed by atoms with Crippen molar-refractivity contribution in [2.75, 3.05) is 0 Å². The number of carbonyl (C=O) groups excluding carboxylic acids is 1. The van der Waals surface area contributed by atoms with E-state index in [1.54, 1.807) is 13.8 Å². The molecule has 0 aliphatic carbocycles. The average Bonchev–Trinajstić information content (AvgIpc) is 2.24. The number of nitrogens with one attached hydrogen (secondary N) is 1. The van der Waals surface area contributed by atoms with Gasteiger partial charge in [0.05, 0.1) is 0 Å².